The highest BCUT2D eigenvalue weighted by Gasteiger charge is 2.37. The lowest BCUT2D eigenvalue weighted by molar-refractivity contribution is 0.412. The summed E-state index contributed by atoms with van der Waals surface area (Å²) in [6, 6.07) is 16.2. The number of nitrogens with zero attached hydrogens (tertiary/aromatic N) is 4. The molecule has 0 fully saturated rings. The Morgan fingerprint density at radius 2 is 2.03 bits per heavy atom. The van der Waals surface area contributed by atoms with Gasteiger partial charge >= 0.3 is 0 Å². The second-order valence-corrected chi connectivity index (χ2v) is 8.81. The molecule has 0 bridgehead atoms. The van der Waals surface area contributed by atoms with E-state index in [1.165, 1.54) is 4.88 Å². The molecule has 2 heterocycles. The summed E-state index contributed by atoms with van der Waals surface area (Å²) in [5.41, 5.74) is 10.2. The number of anilines is 2. The van der Waals surface area contributed by atoms with Gasteiger partial charge in [0.2, 0.25) is 0 Å². The highest BCUT2D eigenvalue weighted by molar-refractivity contribution is 7.15. The van der Waals surface area contributed by atoms with E-state index in [-0.39, 0.29) is 0 Å². The largest absolute Gasteiger partial charge is 0.494 e. The van der Waals surface area contributed by atoms with Crippen LogP contribution in [0.5, 0.6) is 5.75 Å². The third-order valence-electron chi connectivity index (χ3n) is 5.67. The predicted molar refractivity (Wildman–Crippen MR) is 122 cm³/mol. The first-order valence-electron chi connectivity index (χ1n) is 10.2. The second kappa shape index (κ2) is 7.79. The Balaban J connectivity index is 1.45. The lowest BCUT2D eigenvalue weighted by atomic mass is 9.78. The molecule has 5 rings (SSSR count). The molecule has 1 aliphatic carbocycles. The molecule has 158 valence electrons. The minimum Gasteiger partial charge on any atom is -0.494 e. The van der Waals surface area contributed by atoms with Gasteiger partial charge in [0.25, 0.3) is 0 Å². The van der Waals surface area contributed by atoms with E-state index in [1.54, 1.807) is 29.5 Å². The van der Waals surface area contributed by atoms with Crippen molar-refractivity contribution in [3.8, 4) is 11.4 Å². The number of methoxy groups -OCH3 is 1. The van der Waals surface area contributed by atoms with E-state index < -0.39 is 5.54 Å². The summed E-state index contributed by atoms with van der Waals surface area (Å²) < 4.78 is 7.30. The molecule has 3 N–H and O–H groups in total. The van der Waals surface area contributed by atoms with E-state index in [9.17, 15) is 0 Å². The molecule has 0 spiro atoms. The third kappa shape index (κ3) is 3.58. The quantitative estimate of drug-likeness (QED) is 0.488. The maximum absolute atomic E-state index is 6.91. The standard InChI is InChI=1S/C23H24N6OS/c1-15-25-14-29(28-15)18-11-10-17(13-19(18)30-2)26-22-27-21-20(31-22)9-6-12-23(21,24)16-7-4-3-5-8-16/h3-5,7-8,10-11,13-14H,6,9,12,24H2,1-2H3,(H,26,27). The van der Waals surface area contributed by atoms with Gasteiger partial charge < -0.3 is 15.8 Å². The van der Waals surface area contributed by atoms with Crippen LogP contribution in [-0.4, -0.2) is 26.9 Å². The summed E-state index contributed by atoms with van der Waals surface area (Å²) in [5, 5.41) is 8.65. The number of rotatable bonds is 5. The van der Waals surface area contributed by atoms with E-state index in [2.05, 4.69) is 27.5 Å². The lowest BCUT2D eigenvalue weighted by Gasteiger charge is -2.32. The van der Waals surface area contributed by atoms with Gasteiger partial charge in [-0.05, 0) is 43.9 Å². The molecule has 0 aliphatic heterocycles. The van der Waals surface area contributed by atoms with Crippen LogP contribution in [0.15, 0.2) is 54.9 Å². The van der Waals surface area contributed by atoms with Gasteiger partial charge in [-0.1, -0.05) is 30.3 Å². The van der Waals surface area contributed by atoms with Crippen LogP contribution >= 0.6 is 11.3 Å². The van der Waals surface area contributed by atoms with Gasteiger partial charge in [0.05, 0.1) is 18.3 Å². The fourth-order valence-electron chi connectivity index (χ4n) is 4.12. The van der Waals surface area contributed by atoms with Crippen LogP contribution < -0.4 is 15.8 Å². The van der Waals surface area contributed by atoms with Crippen LogP contribution in [0.3, 0.4) is 0 Å². The first-order chi connectivity index (χ1) is 15.1. The van der Waals surface area contributed by atoms with Gasteiger partial charge in [-0.15, -0.1) is 11.3 Å². The van der Waals surface area contributed by atoms with E-state index in [0.717, 1.165) is 47.0 Å². The fraction of sp³-hybridized carbons (Fsp3) is 0.261. The molecular weight excluding hydrogens is 408 g/mol. The number of aryl methyl sites for hydroxylation is 2. The van der Waals surface area contributed by atoms with Crippen molar-refractivity contribution in [2.24, 2.45) is 5.73 Å². The topological polar surface area (TPSA) is 90.9 Å². The van der Waals surface area contributed by atoms with Crippen LogP contribution in [0.25, 0.3) is 5.69 Å². The number of aromatic nitrogens is 4. The number of ether oxygens (including phenoxy) is 1. The van der Waals surface area contributed by atoms with Crippen molar-refractivity contribution in [1.82, 2.24) is 19.7 Å². The number of hydrogen-bond acceptors (Lipinski definition) is 7. The number of thiazole rings is 1. The molecule has 8 heteroatoms. The molecule has 0 saturated heterocycles. The Bertz CT molecular complexity index is 1220. The Kier molecular flexibility index (Phi) is 4.95. The Morgan fingerprint density at radius 1 is 1.19 bits per heavy atom. The van der Waals surface area contributed by atoms with E-state index in [0.29, 0.717) is 11.6 Å². The molecule has 1 unspecified atom stereocenters. The summed E-state index contributed by atoms with van der Waals surface area (Å²) in [5.74, 6) is 1.41. The molecule has 7 nitrogen and oxygen atoms in total. The van der Waals surface area contributed by atoms with Crippen molar-refractivity contribution in [3.63, 3.8) is 0 Å². The second-order valence-electron chi connectivity index (χ2n) is 7.73. The van der Waals surface area contributed by atoms with Crippen LogP contribution in [0, 0.1) is 6.92 Å². The number of nitrogens with two attached hydrogens (primary N) is 1. The average molecular weight is 433 g/mol. The van der Waals surface area contributed by atoms with Crippen LogP contribution in [0.4, 0.5) is 10.8 Å². The van der Waals surface area contributed by atoms with Gasteiger partial charge in [-0.25, -0.2) is 14.6 Å². The highest BCUT2D eigenvalue weighted by Crippen LogP contribution is 2.42. The molecule has 2 aromatic carbocycles. The van der Waals surface area contributed by atoms with E-state index in [4.69, 9.17) is 15.5 Å². The number of benzene rings is 2. The zero-order valence-corrected chi connectivity index (χ0v) is 18.3. The summed E-state index contributed by atoms with van der Waals surface area (Å²) >= 11 is 1.67. The first kappa shape index (κ1) is 19.7. The Hall–Kier alpha value is -3.23. The van der Waals surface area contributed by atoms with E-state index >= 15 is 0 Å². The zero-order valence-electron chi connectivity index (χ0n) is 17.5. The molecule has 31 heavy (non-hydrogen) atoms. The van der Waals surface area contributed by atoms with Gasteiger partial charge in [0, 0.05) is 16.6 Å². The summed E-state index contributed by atoms with van der Waals surface area (Å²) in [4.78, 5) is 10.4. The molecule has 4 aromatic rings. The highest BCUT2D eigenvalue weighted by atomic mass is 32.1. The summed E-state index contributed by atoms with van der Waals surface area (Å²) in [7, 11) is 1.65. The molecule has 2 aromatic heterocycles. The molecule has 0 radical (unpaired) electrons. The van der Waals surface area contributed by atoms with Crippen molar-refractivity contribution in [2.45, 2.75) is 31.7 Å². The van der Waals surface area contributed by atoms with Crippen molar-refractivity contribution in [1.29, 1.82) is 0 Å². The van der Waals surface area contributed by atoms with Gasteiger partial charge in [-0.2, -0.15) is 5.10 Å². The van der Waals surface area contributed by atoms with Gasteiger partial charge in [0.1, 0.15) is 23.6 Å². The van der Waals surface area contributed by atoms with Crippen molar-refractivity contribution < 1.29 is 4.74 Å². The maximum Gasteiger partial charge on any atom is 0.187 e. The first-order valence-corrected chi connectivity index (χ1v) is 11.1. The number of hydrogen-bond donors (Lipinski definition) is 2. The Labute approximate surface area is 184 Å². The molecule has 0 saturated carbocycles. The predicted octanol–water partition coefficient (Wildman–Crippen LogP) is 4.32. The van der Waals surface area contributed by atoms with E-state index in [1.807, 2.05) is 43.3 Å². The number of nitrogens with one attached hydrogen (secondary N) is 1. The summed E-state index contributed by atoms with van der Waals surface area (Å²) in [6.45, 7) is 1.86. The molecule has 1 atom stereocenters. The van der Waals surface area contributed by atoms with Crippen LogP contribution in [-0.2, 0) is 12.0 Å². The Morgan fingerprint density at radius 3 is 2.77 bits per heavy atom. The smallest absolute Gasteiger partial charge is 0.187 e. The zero-order chi connectivity index (χ0) is 21.4. The monoisotopic (exact) mass is 432 g/mol. The van der Waals surface area contributed by atoms with Crippen molar-refractivity contribution in [2.75, 3.05) is 12.4 Å². The maximum atomic E-state index is 6.91. The SMILES string of the molecule is COc1cc(Nc2nc3c(s2)CCCC3(N)c2ccccc2)ccc1-n1cnc(C)n1. The lowest BCUT2D eigenvalue weighted by Crippen LogP contribution is -2.41. The summed E-state index contributed by atoms with van der Waals surface area (Å²) in [6.07, 6.45) is 4.64. The molecular formula is C23H24N6OS. The van der Waals surface area contributed by atoms with Gasteiger partial charge in [0.15, 0.2) is 5.13 Å². The average Bonchev–Trinajstić information content (AvgIpc) is 3.41. The minimum atomic E-state index is -0.544. The van der Waals surface area contributed by atoms with Crippen LogP contribution in [0.2, 0.25) is 0 Å². The number of fused-ring (bicyclic) bond motifs is 1. The van der Waals surface area contributed by atoms with Crippen molar-refractivity contribution in [3.05, 3.63) is 76.8 Å². The van der Waals surface area contributed by atoms with Crippen molar-refractivity contribution >= 4 is 22.2 Å². The molecule has 1 aliphatic rings. The fourth-order valence-corrected chi connectivity index (χ4v) is 5.23. The normalized spacial score (nSPS) is 17.9. The minimum absolute atomic E-state index is 0.544. The third-order valence-corrected chi connectivity index (χ3v) is 6.70. The molecule has 0 amide bonds. The van der Waals surface area contributed by atoms with Crippen LogP contribution in [0.1, 0.15) is 34.8 Å². The van der Waals surface area contributed by atoms with Gasteiger partial charge in [-0.3, -0.25) is 0 Å².